The molecule has 114 valence electrons. The molecule has 0 spiro atoms. The molecular weight excluding hydrogens is 292 g/mol. The Labute approximate surface area is 140 Å². The third-order valence-corrected chi connectivity index (χ3v) is 4.93. The van der Waals surface area contributed by atoms with Crippen LogP contribution in [0, 0.1) is 0 Å². The number of benzene rings is 3. The second kappa shape index (κ2) is 4.97. The topological polar surface area (TPSA) is 13.1 Å². The molecule has 0 aliphatic heterocycles. The fourth-order valence-electron chi connectivity index (χ4n) is 3.84. The van der Waals surface area contributed by atoms with Gasteiger partial charge in [0, 0.05) is 0 Å². The molecule has 1 nitrogen and oxygen atoms in total. The van der Waals surface area contributed by atoms with Crippen molar-refractivity contribution in [1.29, 1.82) is 0 Å². The molecule has 0 atom stereocenters. The highest BCUT2D eigenvalue weighted by atomic mass is 16.3. The molecule has 0 bridgehead atoms. The first kappa shape index (κ1) is 13.4. The van der Waals surface area contributed by atoms with Crippen molar-refractivity contribution < 1.29 is 4.42 Å². The molecule has 0 saturated carbocycles. The highest BCUT2D eigenvalue weighted by Gasteiger charge is 2.35. The lowest BCUT2D eigenvalue weighted by atomic mass is 9.77. The minimum Gasteiger partial charge on any atom is -0.468 e. The Kier molecular flexibility index (Phi) is 2.77. The minimum absolute atomic E-state index is 0.367. The number of hydrogen-bond donors (Lipinski definition) is 0. The normalized spacial score (nSPS) is 14.8. The summed E-state index contributed by atoms with van der Waals surface area (Å²) >= 11 is 0. The van der Waals surface area contributed by atoms with Gasteiger partial charge in [-0.1, -0.05) is 78.9 Å². The van der Waals surface area contributed by atoms with E-state index in [-0.39, 0.29) is 5.41 Å². The van der Waals surface area contributed by atoms with Gasteiger partial charge in [0.2, 0.25) is 0 Å². The second-order valence-electron chi connectivity index (χ2n) is 6.29. The fourth-order valence-corrected chi connectivity index (χ4v) is 3.84. The third-order valence-electron chi connectivity index (χ3n) is 4.93. The molecule has 1 aromatic heterocycles. The first-order valence-electron chi connectivity index (χ1n) is 8.20. The van der Waals surface area contributed by atoms with Crippen molar-refractivity contribution in [2.24, 2.45) is 0 Å². The largest absolute Gasteiger partial charge is 0.468 e. The lowest BCUT2D eigenvalue weighted by Crippen LogP contribution is -2.20. The van der Waals surface area contributed by atoms with E-state index in [0.717, 1.165) is 5.76 Å². The Balaban J connectivity index is 1.92. The van der Waals surface area contributed by atoms with Gasteiger partial charge in [-0.3, -0.25) is 0 Å². The molecule has 1 aliphatic carbocycles. The van der Waals surface area contributed by atoms with Crippen molar-refractivity contribution in [3.63, 3.8) is 0 Å². The fraction of sp³-hybridized carbons (Fsp3) is 0.0435. The van der Waals surface area contributed by atoms with Gasteiger partial charge in [-0.15, -0.1) is 0 Å². The zero-order chi connectivity index (χ0) is 16.0. The van der Waals surface area contributed by atoms with E-state index in [4.69, 9.17) is 4.42 Å². The zero-order valence-electron chi connectivity index (χ0n) is 13.1. The molecule has 24 heavy (non-hydrogen) atoms. The van der Waals surface area contributed by atoms with Crippen LogP contribution in [0.2, 0.25) is 0 Å². The van der Waals surface area contributed by atoms with Crippen molar-refractivity contribution in [3.05, 3.63) is 107 Å². The van der Waals surface area contributed by atoms with Crippen LogP contribution < -0.4 is 10.4 Å². The monoisotopic (exact) mass is 308 g/mol. The predicted octanol–water partition coefficient (Wildman–Crippen LogP) is 3.99. The zero-order valence-corrected chi connectivity index (χ0v) is 13.1. The van der Waals surface area contributed by atoms with Gasteiger partial charge in [0.15, 0.2) is 0 Å². The van der Waals surface area contributed by atoms with Gasteiger partial charge in [-0.05, 0) is 38.9 Å². The highest BCUT2D eigenvalue weighted by molar-refractivity contribution is 5.91. The smallest absolute Gasteiger partial charge is 0.122 e. The molecule has 1 heterocycles. The van der Waals surface area contributed by atoms with Crippen LogP contribution in [-0.2, 0) is 5.41 Å². The molecule has 4 aromatic rings. The lowest BCUT2D eigenvalue weighted by molar-refractivity contribution is 0.492. The summed E-state index contributed by atoms with van der Waals surface area (Å²) < 4.78 is 5.89. The van der Waals surface area contributed by atoms with E-state index in [1.54, 1.807) is 6.26 Å². The summed E-state index contributed by atoms with van der Waals surface area (Å²) in [7, 11) is 0. The maximum atomic E-state index is 5.89. The molecule has 0 unspecified atom stereocenters. The van der Waals surface area contributed by atoms with Crippen LogP contribution in [0.15, 0.2) is 89.5 Å². The van der Waals surface area contributed by atoms with E-state index in [1.165, 1.54) is 26.8 Å². The molecule has 0 fully saturated rings. The van der Waals surface area contributed by atoms with E-state index in [9.17, 15) is 0 Å². The number of fused-ring (bicyclic) bond motifs is 2. The SMILES string of the molecule is C1=c2ccccc2=CC1(c1ccco1)c1cccc2ccccc12. The molecule has 0 N–H and O–H groups in total. The van der Waals surface area contributed by atoms with Gasteiger partial charge in [0.25, 0.3) is 0 Å². The molecule has 3 aromatic carbocycles. The van der Waals surface area contributed by atoms with E-state index < -0.39 is 0 Å². The van der Waals surface area contributed by atoms with Gasteiger partial charge in [0.05, 0.1) is 11.7 Å². The van der Waals surface area contributed by atoms with Crippen LogP contribution in [0.4, 0.5) is 0 Å². The Morgan fingerprint density at radius 2 is 1.33 bits per heavy atom. The lowest BCUT2D eigenvalue weighted by Gasteiger charge is -2.25. The minimum atomic E-state index is -0.367. The van der Waals surface area contributed by atoms with Crippen LogP contribution in [0.5, 0.6) is 0 Å². The Bertz CT molecular complexity index is 1110. The van der Waals surface area contributed by atoms with E-state index in [2.05, 4.69) is 84.9 Å². The van der Waals surface area contributed by atoms with Crippen molar-refractivity contribution in [3.8, 4) is 0 Å². The first-order valence-corrected chi connectivity index (χ1v) is 8.20. The Hall–Kier alpha value is -3.06. The molecular formula is C23H16O. The van der Waals surface area contributed by atoms with Crippen LogP contribution >= 0.6 is 0 Å². The van der Waals surface area contributed by atoms with Crippen LogP contribution in [-0.4, -0.2) is 0 Å². The maximum Gasteiger partial charge on any atom is 0.122 e. The summed E-state index contributed by atoms with van der Waals surface area (Å²) in [6, 6.07) is 27.6. The van der Waals surface area contributed by atoms with Crippen LogP contribution in [0.3, 0.4) is 0 Å². The number of rotatable bonds is 2. The van der Waals surface area contributed by atoms with Gasteiger partial charge in [-0.2, -0.15) is 0 Å². The van der Waals surface area contributed by atoms with E-state index in [1.807, 2.05) is 6.07 Å². The summed E-state index contributed by atoms with van der Waals surface area (Å²) in [5, 5.41) is 5.01. The van der Waals surface area contributed by atoms with Gasteiger partial charge < -0.3 is 4.42 Å². The summed E-state index contributed by atoms with van der Waals surface area (Å²) in [5.74, 6) is 0.954. The molecule has 5 rings (SSSR count). The first-order chi connectivity index (χ1) is 11.9. The molecule has 0 radical (unpaired) electrons. The van der Waals surface area contributed by atoms with Crippen LogP contribution in [0.25, 0.3) is 22.9 Å². The second-order valence-corrected chi connectivity index (χ2v) is 6.29. The van der Waals surface area contributed by atoms with E-state index >= 15 is 0 Å². The molecule has 1 heteroatoms. The van der Waals surface area contributed by atoms with Crippen molar-refractivity contribution in [2.75, 3.05) is 0 Å². The Morgan fingerprint density at radius 3 is 2.08 bits per heavy atom. The summed E-state index contributed by atoms with van der Waals surface area (Å²) in [4.78, 5) is 0. The maximum absolute atomic E-state index is 5.89. The Morgan fingerprint density at radius 1 is 0.625 bits per heavy atom. The predicted molar refractivity (Wildman–Crippen MR) is 98.1 cm³/mol. The summed E-state index contributed by atoms with van der Waals surface area (Å²) in [6.07, 6.45) is 6.40. The molecule has 1 aliphatic rings. The third kappa shape index (κ3) is 1.82. The summed E-state index contributed by atoms with van der Waals surface area (Å²) in [5.41, 5.74) is 0.889. The average molecular weight is 308 g/mol. The van der Waals surface area contributed by atoms with Crippen LogP contribution in [0.1, 0.15) is 11.3 Å². The molecule has 0 saturated heterocycles. The van der Waals surface area contributed by atoms with Crippen molar-refractivity contribution in [2.45, 2.75) is 5.41 Å². The van der Waals surface area contributed by atoms with Gasteiger partial charge in [-0.25, -0.2) is 0 Å². The number of furan rings is 1. The highest BCUT2D eigenvalue weighted by Crippen LogP contribution is 2.40. The quantitative estimate of drug-likeness (QED) is 0.546. The summed E-state index contributed by atoms with van der Waals surface area (Å²) in [6.45, 7) is 0. The number of hydrogen-bond acceptors (Lipinski definition) is 1. The standard InChI is InChI=1S/C23H16O/c1-2-9-19-16-23(15-18(19)8-1,22-13-6-14-24-22)21-12-5-10-17-7-3-4-11-20(17)21/h1-16H. The molecule has 0 amide bonds. The van der Waals surface area contributed by atoms with Gasteiger partial charge >= 0.3 is 0 Å². The van der Waals surface area contributed by atoms with Crippen molar-refractivity contribution >= 4 is 22.9 Å². The van der Waals surface area contributed by atoms with E-state index in [0.29, 0.717) is 0 Å². The van der Waals surface area contributed by atoms with Gasteiger partial charge in [0.1, 0.15) is 5.76 Å². The van der Waals surface area contributed by atoms with Crippen molar-refractivity contribution in [1.82, 2.24) is 0 Å². The average Bonchev–Trinajstić information content (AvgIpc) is 3.29.